The van der Waals surface area contributed by atoms with Crippen LogP contribution in [-0.2, 0) is 6.42 Å². The van der Waals surface area contributed by atoms with Crippen LogP contribution < -0.4 is 0 Å². The summed E-state index contributed by atoms with van der Waals surface area (Å²) in [5, 5.41) is 5.61. The summed E-state index contributed by atoms with van der Waals surface area (Å²) in [5.41, 5.74) is 0. The van der Waals surface area contributed by atoms with Crippen molar-refractivity contribution in [3.05, 3.63) is 34.1 Å². The van der Waals surface area contributed by atoms with E-state index in [1.807, 2.05) is 24.4 Å². The minimum Gasteiger partial charge on any atom is -0.339 e. The number of rotatable bonds is 3. The van der Waals surface area contributed by atoms with Crippen molar-refractivity contribution in [1.29, 1.82) is 0 Å². The monoisotopic (exact) mass is 228 g/mol. The molecule has 0 aliphatic rings. The van der Waals surface area contributed by atoms with Gasteiger partial charge in [0.05, 0.1) is 11.8 Å². The third-order valence-electron chi connectivity index (χ3n) is 1.75. The summed E-state index contributed by atoms with van der Waals surface area (Å²) < 4.78 is 5.06. The van der Waals surface area contributed by atoms with Crippen LogP contribution >= 0.6 is 22.9 Å². The van der Waals surface area contributed by atoms with E-state index in [9.17, 15) is 0 Å². The van der Waals surface area contributed by atoms with E-state index in [1.54, 1.807) is 11.3 Å². The molecule has 1 atom stereocenters. The minimum atomic E-state index is -0.198. The Morgan fingerprint density at radius 3 is 3.07 bits per heavy atom. The first kappa shape index (κ1) is 9.68. The van der Waals surface area contributed by atoms with Gasteiger partial charge in [-0.15, -0.1) is 22.9 Å². The summed E-state index contributed by atoms with van der Waals surface area (Å²) in [4.78, 5) is 5.39. The molecule has 0 N–H and O–H groups in total. The second-order valence-electron chi connectivity index (χ2n) is 2.92. The average molecular weight is 229 g/mol. The molecule has 0 saturated carbocycles. The number of hydrogen-bond donors (Lipinski definition) is 0. The number of halogens is 1. The van der Waals surface area contributed by atoms with Crippen LogP contribution in [-0.4, -0.2) is 10.1 Å². The van der Waals surface area contributed by atoms with Crippen molar-refractivity contribution in [2.75, 3.05) is 0 Å². The van der Waals surface area contributed by atoms with Crippen molar-refractivity contribution in [3.8, 4) is 0 Å². The molecule has 2 aromatic rings. The molecule has 2 aromatic heterocycles. The van der Waals surface area contributed by atoms with Crippen molar-refractivity contribution in [3.63, 3.8) is 0 Å². The Hall–Kier alpha value is -0.870. The summed E-state index contributed by atoms with van der Waals surface area (Å²) >= 11 is 7.49. The number of nitrogens with zero attached hydrogens (tertiary/aromatic N) is 2. The minimum absolute atomic E-state index is 0.198. The van der Waals surface area contributed by atoms with Crippen LogP contribution in [0.25, 0.3) is 0 Å². The zero-order chi connectivity index (χ0) is 9.97. The number of aromatic nitrogens is 2. The summed E-state index contributed by atoms with van der Waals surface area (Å²) in [6, 6.07) is 4.04. The highest BCUT2D eigenvalue weighted by atomic mass is 35.5. The lowest BCUT2D eigenvalue weighted by Gasteiger charge is -1.90. The molecule has 0 bridgehead atoms. The Labute approximate surface area is 90.7 Å². The Kier molecular flexibility index (Phi) is 2.84. The molecule has 74 valence electrons. The van der Waals surface area contributed by atoms with Gasteiger partial charge >= 0.3 is 0 Å². The standard InChI is InChI=1S/C9H9ClN2OS/c1-6(10)9-11-8(13-12-9)5-7-3-2-4-14-7/h2-4,6H,5H2,1H3. The predicted octanol–water partition coefficient (Wildman–Crippen LogP) is 3.02. The van der Waals surface area contributed by atoms with Gasteiger partial charge in [0.25, 0.3) is 0 Å². The summed E-state index contributed by atoms with van der Waals surface area (Å²) in [5.74, 6) is 1.17. The SMILES string of the molecule is CC(Cl)c1noc(Cc2cccs2)n1. The molecule has 3 nitrogen and oxygen atoms in total. The van der Waals surface area contributed by atoms with Crippen LogP contribution in [0.5, 0.6) is 0 Å². The molecule has 0 fully saturated rings. The van der Waals surface area contributed by atoms with Crippen LogP contribution in [0.2, 0.25) is 0 Å². The topological polar surface area (TPSA) is 38.9 Å². The Morgan fingerprint density at radius 1 is 1.64 bits per heavy atom. The van der Waals surface area contributed by atoms with E-state index in [0.29, 0.717) is 18.1 Å². The third kappa shape index (κ3) is 2.13. The van der Waals surface area contributed by atoms with E-state index in [-0.39, 0.29) is 5.38 Å². The van der Waals surface area contributed by atoms with Crippen molar-refractivity contribution >= 4 is 22.9 Å². The van der Waals surface area contributed by atoms with Crippen molar-refractivity contribution in [2.45, 2.75) is 18.7 Å². The highest BCUT2D eigenvalue weighted by molar-refractivity contribution is 7.09. The van der Waals surface area contributed by atoms with Gasteiger partial charge in [-0.3, -0.25) is 0 Å². The molecule has 14 heavy (non-hydrogen) atoms. The molecule has 0 saturated heterocycles. The predicted molar refractivity (Wildman–Crippen MR) is 55.7 cm³/mol. The number of hydrogen-bond acceptors (Lipinski definition) is 4. The average Bonchev–Trinajstić information content (AvgIpc) is 2.75. The highest BCUT2D eigenvalue weighted by Gasteiger charge is 2.11. The molecule has 0 spiro atoms. The Bertz CT molecular complexity index is 397. The van der Waals surface area contributed by atoms with Gasteiger partial charge in [-0.05, 0) is 18.4 Å². The van der Waals surface area contributed by atoms with E-state index < -0.39 is 0 Å². The zero-order valence-electron chi connectivity index (χ0n) is 7.61. The van der Waals surface area contributed by atoms with Gasteiger partial charge in [0.2, 0.25) is 5.89 Å². The van der Waals surface area contributed by atoms with Gasteiger partial charge in [-0.1, -0.05) is 11.2 Å². The van der Waals surface area contributed by atoms with Crippen molar-refractivity contribution in [2.24, 2.45) is 0 Å². The molecule has 1 unspecified atom stereocenters. The van der Waals surface area contributed by atoms with Gasteiger partial charge in [0.15, 0.2) is 5.82 Å². The normalized spacial score (nSPS) is 13.0. The highest BCUT2D eigenvalue weighted by Crippen LogP contribution is 2.18. The molecule has 0 aliphatic carbocycles. The summed E-state index contributed by atoms with van der Waals surface area (Å²) in [6.45, 7) is 1.82. The molecule has 2 rings (SSSR count). The van der Waals surface area contributed by atoms with Gasteiger partial charge in [0, 0.05) is 4.88 Å². The van der Waals surface area contributed by atoms with Gasteiger partial charge in [-0.2, -0.15) is 4.98 Å². The Morgan fingerprint density at radius 2 is 2.50 bits per heavy atom. The maximum Gasteiger partial charge on any atom is 0.231 e. The lowest BCUT2D eigenvalue weighted by Crippen LogP contribution is -1.88. The first-order valence-corrected chi connectivity index (χ1v) is 5.56. The second-order valence-corrected chi connectivity index (χ2v) is 4.61. The molecular weight excluding hydrogens is 220 g/mol. The fourth-order valence-electron chi connectivity index (χ4n) is 1.06. The van der Waals surface area contributed by atoms with E-state index in [0.717, 1.165) is 0 Å². The van der Waals surface area contributed by atoms with E-state index in [1.165, 1.54) is 4.88 Å². The maximum atomic E-state index is 5.82. The quantitative estimate of drug-likeness (QED) is 0.758. The largest absolute Gasteiger partial charge is 0.339 e. The fourth-order valence-corrected chi connectivity index (χ4v) is 1.85. The number of thiophene rings is 1. The third-order valence-corrected chi connectivity index (χ3v) is 2.82. The Balaban J connectivity index is 2.11. The van der Waals surface area contributed by atoms with Gasteiger partial charge in [-0.25, -0.2) is 0 Å². The van der Waals surface area contributed by atoms with Crippen molar-refractivity contribution < 1.29 is 4.52 Å². The van der Waals surface area contributed by atoms with E-state index >= 15 is 0 Å². The number of alkyl halides is 1. The lowest BCUT2D eigenvalue weighted by atomic mass is 10.3. The van der Waals surface area contributed by atoms with Gasteiger partial charge < -0.3 is 4.52 Å². The molecule has 0 radical (unpaired) electrons. The van der Waals surface area contributed by atoms with Gasteiger partial charge in [0.1, 0.15) is 0 Å². The van der Waals surface area contributed by atoms with Crippen LogP contribution in [0.3, 0.4) is 0 Å². The molecular formula is C9H9ClN2OS. The van der Waals surface area contributed by atoms with E-state index in [4.69, 9.17) is 16.1 Å². The summed E-state index contributed by atoms with van der Waals surface area (Å²) in [6.07, 6.45) is 0.689. The zero-order valence-corrected chi connectivity index (χ0v) is 9.18. The second kappa shape index (κ2) is 4.11. The lowest BCUT2D eigenvalue weighted by molar-refractivity contribution is 0.380. The molecule has 0 aliphatic heterocycles. The maximum absolute atomic E-state index is 5.82. The van der Waals surface area contributed by atoms with E-state index in [2.05, 4.69) is 10.1 Å². The fraction of sp³-hybridized carbons (Fsp3) is 0.333. The van der Waals surface area contributed by atoms with Crippen LogP contribution in [0.15, 0.2) is 22.0 Å². The van der Waals surface area contributed by atoms with Crippen molar-refractivity contribution in [1.82, 2.24) is 10.1 Å². The summed E-state index contributed by atoms with van der Waals surface area (Å²) in [7, 11) is 0. The van der Waals surface area contributed by atoms with Crippen LogP contribution in [0.1, 0.15) is 28.9 Å². The van der Waals surface area contributed by atoms with Crippen LogP contribution in [0, 0.1) is 0 Å². The first-order chi connectivity index (χ1) is 6.75. The molecule has 0 amide bonds. The molecule has 5 heteroatoms. The van der Waals surface area contributed by atoms with Crippen LogP contribution in [0.4, 0.5) is 0 Å². The smallest absolute Gasteiger partial charge is 0.231 e. The molecule has 2 heterocycles. The molecule has 0 aromatic carbocycles. The first-order valence-electron chi connectivity index (χ1n) is 4.24.